The van der Waals surface area contributed by atoms with Gasteiger partial charge in [0.25, 0.3) is 0 Å². The number of rotatable bonds is 12. The molecule has 44 heavy (non-hydrogen) atoms. The zero-order chi connectivity index (χ0) is 31.4. The van der Waals surface area contributed by atoms with Crippen molar-refractivity contribution in [3.63, 3.8) is 0 Å². The van der Waals surface area contributed by atoms with Gasteiger partial charge in [0.05, 0.1) is 38.2 Å². The van der Waals surface area contributed by atoms with E-state index in [0.29, 0.717) is 33.9 Å². The van der Waals surface area contributed by atoms with Gasteiger partial charge in [-0.25, -0.2) is 4.79 Å². The van der Waals surface area contributed by atoms with Crippen molar-refractivity contribution in [1.82, 2.24) is 10.2 Å². The number of methoxy groups -OCH3 is 2. The van der Waals surface area contributed by atoms with Crippen LogP contribution in [0.25, 0.3) is 0 Å². The number of amides is 2. The van der Waals surface area contributed by atoms with E-state index in [4.69, 9.17) is 14.2 Å². The number of imide groups is 1. The lowest BCUT2D eigenvalue weighted by Gasteiger charge is -2.31. The van der Waals surface area contributed by atoms with E-state index < -0.39 is 47.2 Å². The molecule has 0 aliphatic carbocycles. The standard InChI is InChI=1S/C33H34N2O8S/c1-41-24-11-7-10-23(28(24)43-19-21-8-5-4-6-9-21)27-25-26(33(34-27,32(39)40)16-17-44-3)30(37)35(29(25)36)18-20-12-14-22(15-13-20)31(38)42-2/h4-15,25-27,34H,16-19H2,1-3H3,(H,39,40). The first-order chi connectivity index (χ1) is 21.2. The smallest absolute Gasteiger partial charge is 0.337 e. The Labute approximate surface area is 259 Å². The highest BCUT2D eigenvalue weighted by Crippen LogP contribution is 2.53. The molecule has 2 N–H and O–H groups in total. The Morgan fingerprint density at radius 3 is 2.32 bits per heavy atom. The van der Waals surface area contributed by atoms with Gasteiger partial charge < -0.3 is 19.3 Å². The fourth-order valence-electron chi connectivity index (χ4n) is 6.15. The van der Waals surface area contributed by atoms with Crippen molar-refractivity contribution < 1.29 is 38.5 Å². The summed E-state index contributed by atoms with van der Waals surface area (Å²) in [5.74, 6) is -3.61. The van der Waals surface area contributed by atoms with Gasteiger partial charge in [-0.05, 0) is 47.8 Å². The summed E-state index contributed by atoms with van der Waals surface area (Å²) in [6.07, 6.45) is 2.00. The summed E-state index contributed by atoms with van der Waals surface area (Å²) in [6, 6.07) is 20.4. The van der Waals surface area contributed by atoms with Crippen LogP contribution in [0.3, 0.4) is 0 Å². The number of carbonyl (C=O) groups excluding carboxylic acids is 3. The molecule has 0 aromatic heterocycles. The number of ether oxygens (including phenoxy) is 3. The maximum absolute atomic E-state index is 14.2. The summed E-state index contributed by atoms with van der Waals surface area (Å²) in [4.78, 5) is 54.3. The number of hydrogen-bond donors (Lipinski definition) is 2. The number of thioether (sulfide) groups is 1. The number of carbonyl (C=O) groups is 4. The summed E-state index contributed by atoms with van der Waals surface area (Å²) in [5.41, 5.74) is 0.710. The Morgan fingerprint density at radius 1 is 0.955 bits per heavy atom. The molecule has 3 aromatic carbocycles. The molecule has 2 aliphatic heterocycles. The number of hydrogen-bond acceptors (Lipinski definition) is 9. The third-order valence-corrected chi connectivity index (χ3v) is 8.95. The van der Waals surface area contributed by atoms with E-state index in [2.05, 4.69) is 5.32 Å². The SMILES string of the molecule is COC(=O)c1ccc(CN2C(=O)C3C(c4cccc(OC)c4OCc4ccccc4)NC(CCSC)(C(=O)O)C3C2=O)cc1. The largest absolute Gasteiger partial charge is 0.493 e. The number of carboxylic acid groups (broad SMARTS) is 1. The molecule has 10 nitrogen and oxygen atoms in total. The Balaban J connectivity index is 1.55. The number of nitrogens with one attached hydrogen (secondary N) is 1. The number of likely N-dealkylation sites (tertiary alicyclic amines) is 1. The van der Waals surface area contributed by atoms with E-state index in [9.17, 15) is 24.3 Å². The molecule has 2 fully saturated rings. The first-order valence-corrected chi connectivity index (χ1v) is 15.5. The number of esters is 1. The van der Waals surface area contributed by atoms with Crippen molar-refractivity contribution in [3.05, 3.63) is 95.1 Å². The number of para-hydroxylation sites is 1. The van der Waals surface area contributed by atoms with Crippen LogP contribution in [-0.4, -0.2) is 65.5 Å². The molecule has 2 saturated heterocycles. The number of fused-ring (bicyclic) bond motifs is 1. The molecule has 2 heterocycles. The second-order valence-electron chi connectivity index (χ2n) is 10.7. The molecule has 2 amide bonds. The minimum Gasteiger partial charge on any atom is -0.493 e. The predicted molar refractivity (Wildman–Crippen MR) is 163 cm³/mol. The van der Waals surface area contributed by atoms with Gasteiger partial charge in [0, 0.05) is 11.6 Å². The lowest BCUT2D eigenvalue weighted by Crippen LogP contribution is -2.56. The van der Waals surface area contributed by atoms with Crippen LogP contribution in [0.4, 0.5) is 0 Å². The quantitative estimate of drug-likeness (QED) is 0.226. The van der Waals surface area contributed by atoms with Crippen LogP contribution in [0.2, 0.25) is 0 Å². The van der Waals surface area contributed by atoms with Crippen molar-refractivity contribution in [3.8, 4) is 11.5 Å². The summed E-state index contributed by atoms with van der Waals surface area (Å²) in [7, 11) is 2.80. The number of carboxylic acids is 1. The molecule has 5 rings (SSSR count). The van der Waals surface area contributed by atoms with Crippen LogP contribution in [0.1, 0.15) is 39.5 Å². The van der Waals surface area contributed by atoms with Crippen LogP contribution in [-0.2, 0) is 32.3 Å². The average Bonchev–Trinajstić information content (AvgIpc) is 3.52. The zero-order valence-electron chi connectivity index (χ0n) is 24.6. The number of aliphatic carboxylic acids is 1. The van der Waals surface area contributed by atoms with Crippen LogP contribution in [0.15, 0.2) is 72.8 Å². The first-order valence-electron chi connectivity index (χ1n) is 14.1. The molecule has 0 radical (unpaired) electrons. The van der Waals surface area contributed by atoms with E-state index in [0.717, 1.165) is 10.5 Å². The highest BCUT2D eigenvalue weighted by Gasteiger charge is 2.68. The Bertz CT molecular complexity index is 1550. The van der Waals surface area contributed by atoms with Gasteiger partial charge in [-0.1, -0.05) is 54.6 Å². The van der Waals surface area contributed by atoms with Gasteiger partial charge in [0.2, 0.25) is 11.8 Å². The topological polar surface area (TPSA) is 131 Å². The molecule has 3 aromatic rings. The Kier molecular flexibility index (Phi) is 9.26. The lowest BCUT2D eigenvalue weighted by atomic mass is 9.78. The highest BCUT2D eigenvalue weighted by atomic mass is 32.2. The van der Waals surface area contributed by atoms with Crippen molar-refractivity contribution >= 4 is 35.5 Å². The van der Waals surface area contributed by atoms with Crippen LogP contribution < -0.4 is 14.8 Å². The van der Waals surface area contributed by atoms with Gasteiger partial charge in [0.1, 0.15) is 12.1 Å². The summed E-state index contributed by atoms with van der Waals surface area (Å²) >= 11 is 1.47. The van der Waals surface area contributed by atoms with Gasteiger partial charge in [-0.2, -0.15) is 11.8 Å². The van der Waals surface area contributed by atoms with E-state index in [1.54, 1.807) is 42.5 Å². The molecule has 4 unspecified atom stereocenters. The second-order valence-corrected chi connectivity index (χ2v) is 11.7. The Morgan fingerprint density at radius 2 is 1.68 bits per heavy atom. The maximum atomic E-state index is 14.2. The van der Waals surface area contributed by atoms with Crippen LogP contribution in [0.5, 0.6) is 11.5 Å². The monoisotopic (exact) mass is 618 g/mol. The van der Waals surface area contributed by atoms with Gasteiger partial charge >= 0.3 is 11.9 Å². The van der Waals surface area contributed by atoms with E-state index in [1.807, 2.05) is 36.6 Å². The molecule has 0 saturated carbocycles. The maximum Gasteiger partial charge on any atom is 0.337 e. The molecule has 230 valence electrons. The first kappa shape index (κ1) is 31.1. The van der Waals surface area contributed by atoms with Crippen molar-refractivity contribution in [2.75, 3.05) is 26.2 Å². The normalized spacial score (nSPS) is 22.5. The third-order valence-electron chi connectivity index (χ3n) is 8.33. The zero-order valence-corrected chi connectivity index (χ0v) is 25.5. The number of nitrogens with zero attached hydrogens (tertiary/aromatic N) is 1. The molecular formula is C33H34N2O8S. The molecule has 4 atom stereocenters. The molecule has 0 spiro atoms. The van der Waals surface area contributed by atoms with Gasteiger partial charge in [-0.3, -0.25) is 24.6 Å². The highest BCUT2D eigenvalue weighted by molar-refractivity contribution is 7.98. The molecule has 11 heteroatoms. The summed E-state index contributed by atoms with van der Waals surface area (Å²) in [6.45, 7) is 0.151. The summed E-state index contributed by atoms with van der Waals surface area (Å²) < 4.78 is 16.7. The molecule has 0 bridgehead atoms. The van der Waals surface area contributed by atoms with Crippen molar-refractivity contribution in [2.24, 2.45) is 11.8 Å². The Hall–Kier alpha value is -4.35. The predicted octanol–water partition coefficient (Wildman–Crippen LogP) is 4.08. The number of benzene rings is 3. The lowest BCUT2D eigenvalue weighted by molar-refractivity contribution is -0.151. The van der Waals surface area contributed by atoms with Crippen LogP contribution >= 0.6 is 11.8 Å². The fraction of sp³-hybridized carbons (Fsp3) is 0.333. The van der Waals surface area contributed by atoms with Crippen LogP contribution in [0, 0.1) is 11.8 Å². The minimum absolute atomic E-state index is 0.0630. The van der Waals surface area contributed by atoms with Crippen molar-refractivity contribution in [2.45, 2.75) is 31.2 Å². The van der Waals surface area contributed by atoms with Crippen molar-refractivity contribution in [1.29, 1.82) is 0 Å². The summed E-state index contributed by atoms with van der Waals surface area (Å²) in [5, 5.41) is 13.9. The minimum atomic E-state index is -1.69. The van der Waals surface area contributed by atoms with Gasteiger partial charge in [-0.15, -0.1) is 0 Å². The fourth-order valence-corrected chi connectivity index (χ4v) is 6.68. The average molecular weight is 619 g/mol. The van der Waals surface area contributed by atoms with E-state index in [-0.39, 0.29) is 19.6 Å². The second kappa shape index (κ2) is 13.1. The molecule has 2 aliphatic rings. The van der Waals surface area contributed by atoms with E-state index >= 15 is 0 Å². The van der Waals surface area contributed by atoms with Gasteiger partial charge in [0.15, 0.2) is 11.5 Å². The third kappa shape index (κ3) is 5.65. The van der Waals surface area contributed by atoms with E-state index in [1.165, 1.54) is 26.0 Å². The molecular weight excluding hydrogens is 584 g/mol.